The summed E-state index contributed by atoms with van der Waals surface area (Å²) >= 11 is 0. The number of nitrogens with one attached hydrogen (secondary N) is 2. The van der Waals surface area contributed by atoms with Crippen LogP contribution in [-0.4, -0.2) is 24.6 Å². The number of halogens is 2. The molecule has 0 bridgehead atoms. The highest BCUT2D eigenvalue weighted by atomic mass is 19.3. The van der Waals surface area contributed by atoms with Crippen LogP contribution in [0.5, 0.6) is 5.75 Å². The van der Waals surface area contributed by atoms with Gasteiger partial charge in [0.2, 0.25) is 5.91 Å². The van der Waals surface area contributed by atoms with E-state index in [0.717, 1.165) is 5.56 Å². The van der Waals surface area contributed by atoms with E-state index in [4.69, 9.17) is 5.73 Å². The lowest BCUT2D eigenvalue weighted by molar-refractivity contribution is -0.121. The molecule has 0 aromatic heterocycles. The summed E-state index contributed by atoms with van der Waals surface area (Å²) in [7, 11) is 0. The molecule has 1 aromatic rings. The number of alkyl halides is 2. The summed E-state index contributed by atoms with van der Waals surface area (Å²) in [5.74, 6) is -0.493. The third-order valence-corrected chi connectivity index (χ3v) is 2.74. The molecule has 0 aliphatic rings. The van der Waals surface area contributed by atoms with E-state index in [9.17, 15) is 18.4 Å². The quantitative estimate of drug-likeness (QED) is 0.742. The van der Waals surface area contributed by atoms with Gasteiger partial charge < -0.3 is 10.5 Å². The number of imide groups is 1. The van der Waals surface area contributed by atoms with Gasteiger partial charge in [-0.05, 0) is 31.5 Å². The monoisotopic (exact) mass is 301 g/mol. The van der Waals surface area contributed by atoms with Crippen molar-refractivity contribution < 1.29 is 23.1 Å². The second kappa shape index (κ2) is 7.53. The Bertz CT molecular complexity index is 494. The molecule has 8 heteroatoms. The van der Waals surface area contributed by atoms with Crippen molar-refractivity contribution in [3.8, 4) is 5.75 Å². The highest BCUT2D eigenvalue weighted by molar-refractivity contribution is 5.96. The van der Waals surface area contributed by atoms with E-state index >= 15 is 0 Å². The Morgan fingerprint density at radius 2 is 1.76 bits per heavy atom. The molecule has 0 aliphatic heterocycles. The van der Waals surface area contributed by atoms with Crippen molar-refractivity contribution in [2.45, 2.75) is 32.5 Å². The average molecular weight is 301 g/mol. The van der Waals surface area contributed by atoms with Crippen LogP contribution >= 0.6 is 0 Å². The Morgan fingerprint density at radius 3 is 2.24 bits per heavy atom. The smallest absolute Gasteiger partial charge is 0.387 e. The fourth-order valence-corrected chi connectivity index (χ4v) is 1.71. The first-order valence-electron chi connectivity index (χ1n) is 6.20. The number of nitrogens with two attached hydrogens (primary N) is 1. The van der Waals surface area contributed by atoms with Crippen LogP contribution in [0.1, 0.15) is 25.5 Å². The number of carbonyl (C=O) groups excluding carboxylic acids is 2. The molecule has 0 saturated carbocycles. The molecule has 21 heavy (non-hydrogen) atoms. The molecule has 1 aromatic carbocycles. The Hall–Kier alpha value is -2.22. The molecule has 0 fully saturated rings. The maximum absolute atomic E-state index is 12.0. The van der Waals surface area contributed by atoms with Crippen LogP contribution in [0.25, 0.3) is 0 Å². The van der Waals surface area contributed by atoms with Crippen molar-refractivity contribution in [3.63, 3.8) is 0 Å². The standard InChI is InChI=1S/C13H17F2N3O3/c1-7(17-8(2)11(19)18-13(16)20)9-3-5-10(6-4-9)21-12(14)15/h3-8,12,17H,1-2H3,(H3,16,18,19,20). The van der Waals surface area contributed by atoms with Gasteiger partial charge in [-0.1, -0.05) is 12.1 Å². The second-order valence-corrected chi connectivity index (χ2v) is 4.41. The van der Waals surface area contributed by atoms with Gasteiger partial charge in [0.1, 0.15) is 5.75 Å². The zero-order chi connectivity index (χ0) is 16.0. The van der Waals surface area contributed by atoms with E-state index < -0.39 is 24.6 Å². The molecule has 116 valence electrons. The molecular formula is C13H17F2N3O3. The summed E-state index contributed by atoms with van der Waals surface area (Å²) in [5.41, 5.74) is 5.63. The fraction of sp³-hybridized carbons (Fsp3) is 0.385. The van der Waals surface area contributed by atoms with E-state index in [1.165, 1.54) is 12.1 Å². The number of benzene rings is 1. The van der Waals surface area contributed by atoms with E-state index in [1.807, 2.05) is 5.32 Å². The summed E-state index contributed by atoms with van der Waals surface area (Å²) in [4.78, 5) is 22.1. The zero-order valence-corrected chi connectivity index (χ0v) is 11.6. The van der Waals surface area contributed by atoms with Gasteiger partial charge >= 0.3 is 12.6 Å². The van der Waals surface area contributed by atoms with Gasteiger partial charge in [-0.2, -0.15) is 8.78 Å². The summed E-state index contributed by atoms with van der Waals surface area (Å²) < 4.78 is 28.3. The lowest BCUT2D eigenvalue weighted by Crippen LogP contribution is -2.47. The van der Waals surface area contributed by atoms with Gasteiger partial charge in [0.05, 0.1) is 6.04 Å². The van der Waals surface area contributed by atoms with Gasteiger partial charge in [0.15, 0.2) is 0 Å². The largest absolute Gasteiger partial charge is 0.435 e. The first kappa shape index (κ1) is 16.8. The number of urea groups is 1. The molecule has 2 atom stereocenters. The topological polar surface area (TPSA) is 93.4 Å². The molecule has 1 rings (SSSR count). The molecule has 4 N–H and O–H groups in total. The van der Waals surface area contributed by atoms with Gasteiger partial charge in [0.25, 0.3) is 0 Å². The van der Waals surface area contributed by atoms with Crippen LogP contribution in [0.15, 0.2) is 24.3 Å². The van der Waals surface area contributed by atoms with Crippen LogP contribution in [-0.2, 0) is 4.79 Å². The molecule has 6 nitrogen and oxygen atoms in total. The van der Waals surface area contributed by atoms with E-state index in [-0.39, 0.29) is 11.8 Å². The number of rotatable bonds is 6. The van der Waals surface area contributed by atoms with Crippen molar-refractivity contribution in [2.24, 2.45) is 5.73 Å². The number of ether oxygens (including phenoxy) is 1. The third-order valence-electron chi connectivity index (χ3n) is 2.74. The maximum Gasteiger partial charge on any atom is 0.387 e. The minimum Gasteiger partial charge on any atom is -0.435 e. The van der Waals surface area contributed by atoms with Gasteiger partial charge in [-0.25, -0.2) is 4.79 Å². The highest BCUT2D eigenvalue weighted by Crippen LogP contribution is 2.19. The SMILES string of the molecule is CC(NC(C)c1ccc(OC(F)F)cc1)C(=O)NC(N)=O. The predicted octanol–water partition coefficient (Wildman–Crippen LogP) is 1.52. The van der Waals surface area contributed by atoms with Crippen molar-refractivity contribution >= 4 is 11.9 Å². The third kappa shape index (κ3) is 5.74. The highest BCUT2D eigenvalue weighted by Gasteiger charge is 2.17. The van der Waals surface area contributed by atoms with E-state index in [0.29, 0.717) is 0 Å². The van der Waals surface area contributed by atoms with Crippen LogP contribution < -0.4 is 21.1 Å². The number of amides is 3. The zero-order valence-electron chi connectivity index (χ0n) is 11.6. The normalized spacial score (nSPS) is 13.6. The fourth-order valence-electron chi connectivity index (χ4n) is 1.71. The molecule has 2 unspecified atom stereocenters. The number of primary amides is 1. The summed E-state index contributed by atoms with van der Waals surface area (Å²) in [6.07, 6.45) is 0. The number of hydrogen-bond donors (Lipinski definition) is 3. The Labute approximate surface area is 120 Å². The molecule has 0 saturated heterocycles. The minimum absolute atomic E-state index is 0.0560. The van der Waals surface area contributed by atoms with Crippen LogP contribution in [0.2, 0.25) is 0 Å². The van der Waals surface area contributed by atoms with Crippen LogP contribution in [0.3, 0.4) is 0 Å². The molecule has 3 amide bonds. The van der Waals surface area contributed by atoms with Crippen molar-refractivity contribution in [1.29, 1.82) is 0 Å². The van der Waals surface area contributed by atoms with E-state index in [2.05, 4.69) is 10.1 Å². The van der Waals surface area contributed by atoms with Gasteiger partial charge in [0, 0.05) is 6.04 Å². The summed E-state index contributed by atoms with van der Waals surface area (Å²) in [6.45, 7) is 0.490. The average Bonchev–Trinajstić information content (AvgIpc) is 2.37. The first-order chi connectivity index (χ1) is 9.79. The van der Waals surface area contributed by atoms with Crippen molar-refractivity contribution in [2.75, 3.05) is 0 Å². The Balaban J connectivity index is 2.60. The molecule has 0 aliphatic carbocycles. The second-order valence-electron chi connectivity index (χ2n) is 4.41. The molecule has 0 radical (unpaired) electrons. The van der Waals surface area contributed by atoms with Crippen molar-refractivity contribution in [3.05, 3.63) is 29.8 Å². The van der Waals surface area contributed by atoms with Crippen LogP contribution in [0.4, 0.5) is 13.6 Å². The Kier molecular flexibility index (Phi) is 6.04. The van der Waals surface area contributed by atoms with Gasteiger partial charge in [-0.15, -0.1) is 0 Å². The minimum atomic E-state index is -2.87. The molecule has 0 spiro atoms. The van der Waals surface area contributed by atoms with Crippen LogP contribution in [0, 0.1) is 0 Å². The van der Waals surface area contributed by atoms with E-state index in [1.54, 1.807) is 26.0 Å². The first-order valence-corrected chi connectivity index (χ1v) is 6.20. The number of hydrogen-bond acceptors (Lipinski definition) is 4. The lowest BCUT2D eigenvalue weighted by Gasteiger charge is -2.19. The molecule has 0 heterocycles. The number of carbonyl (C=O) groups is 2. The van der Waals surface area contributed by atoms with Crippen molar-refractivity contribution in [1.82, 2.24) is 10.6 Å². The van der Waals surface area contributed by atoms with Gasteiger partial charge in [-0.3, -0.25) is 15.4 Å². The molecular weight excluding hydrogens is 284 g/mol. The summed E-state index contributed by atoms with van der Waals surface area (Å²) in [6, 6.07) is 4.22. The maximum atomic E-state index is 12.0. The predicted molar refractivity (Wildman–Crippen MR) is 71.8 cm³/mol. The Morgan fingerprint density at radius 1 is 1.19 bits per heavy atom. The summed E-state index contributed by atoms with van der Waals surface area (Å²) in [5, 5.41) is 4.92. The lowest BCUT2D eigenvalue weighted by atomic mass is 10.1.